The number of hydrogen-bond acceptors (Lipinski definition) is 3. The van der Waals surface area contributed by atoms with Crippen LogP contribution in [0, 0.1) is 11.6 Å². The van der Waals surface area contributed by atoms with Crippen molar-refractivity contribution >= 4 is 12.0 Å². The first-order chi connectivity index (χ1) is 7.56. The molecule has 0 saturated heterocycles. The molecule has 88 valence electrons. The zero-order valence-corrected chi connectivity index (χ0v) is 11.4. The third-order valence-corrected chi connectivity index (χ3v) is 1.68. The Morgan fingerprint density at radius 3 is 2.35 bits per heavy atom. The van der Waals surface area contributed by atoms with Gasteiger partial charge in [-0.25, -0.2) is 13.6 Å². The number of alkyl carbamates (subject to hydrolysis) is 1. The molecule has 0 aliphatic rings. The van der Waals surface area contributed by atoms with Gasteiger partial charge in [0.1, 0.15) is 17.2 Å². The number of amides is 2. The molecule has 17 heavy (non-hydrogen) atoms. The third-order valence-electron chi connectivity index (χ3n) is 1.68. The van der Waals surface area contributed by atoms with Gasteiger partial charge in [0.25, 0.3) is 5.91 Å². The van der Waals surface area contributed by atoms with Gasteiger partial charge in [-0.3, -0.25) is 10.1 Å². The molecule has 1 N–H and O–H groups in total. The average molecular weight is 253 g/mol. The van der Waals surface area contributed by atoms with Crippen molar-refractivity contribution < 1.29 is 54.1 Å². The van der Waals surface area contributed by atoms with Crippen molar-refractivity contribution in [2.24, 2.45) is 0 Å². The van der Waals surface area contributed by atoms with E-state index in [0.29, 0.717) is 0 Å². The first-order valence-corrected chi connectivity index (χ1v) is 4.48. The molecule has 0 aliphatic carbocycles. The van der Waals surface area contributed by atoms with Crippen LogP contribution in [0.2, 0.25) is 0 Å². The maximum Gasteiger partial charge on any atom is 1.00 e. The number of rotatable bonds is 2. The molecular weight excluding hydrogens is 243 g/mol. The Morgan fingerprint density at radius 2 is 1.88 bits per heavy atom. The summed E-state index contributed by atoms with van der Waals surface area (Å²) in [6.45, 7) is 1.59. The van der Waals surface area contributed by atoms with Crippen LogP contribution in [-0.4, -0.2) is 18.6 Å². The van der Waals surface area contributed by atoms with Crippen LogP contribution < -0.4 is 34.9 Å². The van der Waals surface area contributed by atoms with Gasteiger partial charge in [-0.2, -0.15) is 0 Å². The molecule has 1 rings (SSSR count). The monoisotopic (exact) mass is 253 g/mol. The maximum absolute atomic E-state index is 13.1. The molecule has 1 aromatic carbocycles. The Bertz CT molecular complexity index is 411. The van der Waals surface area contributed by atoms with Crippen molar-refractivity contribution in [1.82, 2.24) is 5.32 Å². The number of nitrogens with one attached hydrogen (secondary N) is 1. The molecule has 4 nitrogen and oxygen atoms in total. The maximum atomic E-state index is 13.1. The van der Waals surface area contributed by atoms with E-state index < -0.39 is 29.2 Å². The molecule has 0 heterocycles. The number of imide groups is 1. The Balaban J connectivity index is 0. The second-order valence-electron chi connectivity index (χ2n) is 2.77. The van der Waals surface area contributed by atoms with Crippen LogP contribution in [-0.2, 0) is 4.74 Å². The molecule has 7 heteroatoms. The van der Waals surface area contributed by atoms with E-state index >= 15 is 0 Å². The fraction of sp³-hybridized carbons (Fsp3) is 0.200. The van der Waals surface area contributed by atoms with Crippen molar-refractivity contribution in [2.45, 2.75) is 6.92 Å². The van der Waals surface area contributed by atoms with E-state index in [0.717, 1.165) is 18.2 Å². The standard InChI is InChI=1S/C10H9F2NO3.Na.H/c1-2-16-10(15)13-9(14)8-6(11)4-3-5-7(8)12;;/h3-5H,2H2,1H3,(H,13,14,15);;/q;+1;-1. The summed E-state index contributed by atoms with van der Waals surface area (Å²) in [5.74, 6) is -3.25. The molecule has 0 bridgehead atoms. The summed E-state index contributed by atoms with van der Waals surface area (Å²) in [6, 6.07) is 2.96. The number of hydrogen-bond donors (Lipinski definition) is 1. The van der Waals surface area contributed by atoms with Crippen molar-refractivity contribution in [3.05, 3.63) is 35.4 Å². The normalized spacial score (nSPS) is 9.12. The van der Waals surface area contributed by atoms with Crippen LogP contribution >= 0.6 is 0 Å². The summed E-state index contributed by atoms with van der Waals surface area (Å²) < 4.78 is 30.6. The second kappa shape index (κ2) is 7.37. The van der Waals surface area contributed by atoms with Crippen molar-refractivity contribution in [2.75, 3.05) is 6.61 Å². The summed E-state index contributed by atoms with van der Waals surface area (Å²) in [4.78, 5) is 22.1. The summed E-state index contributed by atoms with van der Waals surface area (Å²) in [5, 5.41) is 1.70. The molecule has 0 unspecified atom stereocenters. The van der Waals surface area contributed by atoms with Gasteiger partial charge >= 0.3 is 35.7 Å². The van der Waals surface area contributed by atoms with E-state index in [9.17, 15) is 18.4 Å². The number of carbonyl (C=O) groups is 2. The van der Waals surface area contributed by atoms with E-state index in [1.54, 1.807) is 5.32 Å². The predicted octanol–water partition coefficient (Wildman–Crippen LogP) is -1.03. The van der Waals surface area contributed by atoms with Gasteiger partial charge in [-0.1, -0.05) is 6.07 Å². The quantitative estimate of drug-likeness (QED) is 0.685. The zero-order valence-electron chi connectivity index (χ0n) is 10.4. The van der Waals surface area contributed by atoms with E-state index in [1.165, 1.54) is 6.92 Å². The van der Waals surface area contributed by atoms with E-state index in [1.807, 2.05) is 0 Å². The van der Waals surface area contributed by atoms with Gasteiger partial charge in [0, 0.05) is 0 Å². The molecule has 0 fully saturated rings. The molecule has 1 aromatic rings. The minimum Gasteiger partial charge on any atom is -1.00 e. The van der Waals surface area contributed by atoms with Crippen LogP contribution in [0.3, 0.4) is 0 Å². The molecular formula is C10H10F2NNaO3. The smallest absolute Gasteiger partial charge is 1.00 e. The van der Waals surface area contributed by atoms with E-state index in [2.05, 4.69) is 4.74 Å². The SMILES string of the molecule is CCOC(=O)NC(=O)c1c(F)cccc1F.[H-].[Na+]. The molecule has 0 radical (unpaired) electrons. The van der Waals surface area contributed by atoms with Crippen molar-refractivity contribution in [3.8, 4) is 0 Å². The van der Waals surface area contributed by atoms with E-state index in [-0.39, 0.29) is 37.6 Å². The number of benzene rings is 1. The molecule has 0 saturated carbocycles. The van der Waals surface area contributed by atoms with Crippen LogP contribution in [0.25, 0.3) is 0 Å². The zero-order chi connectivity index (χ0) is 12.1. The van der Waals surface area contributed by atoms with Crippen LogP contribution in [0.15, 0.2) is 18.2 Å². The average Bonchev–Trinajstić information content (AvgIpc) is 2.17. The number of halogens is 2. The Morgan fingerprint density at radius 1 is 1.35 bits per heavy atom. The van der Waals surface area contributed by atoms with Gasteiger partial charge in [0.05, 0.1) is 6.61 Å². The van der Waals surface area contributed by atoms with Crippen molar-refractivity contribution in [3.63, 3.8) is 0 Å². The van der Waals surface area contributed by atoms with Gasteiger partial charge < -0.3 is 6.16 Å². The van der Waals surface area contributed by atoms with Crippen molar-refractivity contribution in [1.29, 1.82) is 0 Å². The molecule has 0 spiro atoms. The molecule has 0 atom stereocenters. The fourth-order valence-corrected chi connectivity index (χ4v) is 1.04. The Kier molecular flexibility index (Phi) is 6.94. The second-order valence-corrected chi connectivity index (χ2v) is 2.77. The first-order valence-electron chi connectivity index (χ1n) is 4.48. The minimum atomic E-state index is -1.17. The summed E-state index contributed by atoms with van der Waals surface area (Å²) >= 11 is 0. The summed E-state index contributed by atoms with van der Waals surface area (Å²) in [7, 11) is 0. The van der Waals surface area contributed by atoms with E-state index in [4.69, 9.17) is 0 Å². The molecule has 0 aliphatic heterocycles. The van der Waals surface area contributed by atoms with Gasteiger partial charge in [0.15, 0.2) is 0 Å². The molecule has 2 amide bonds. The minimum absolute atomic E-state index is 0. The number of ether oxygens (including phenoxy) is 1. The first kappa shape index (κ1) is 16.0. The predicted molar refractivity (Wildman–Crippen MR) is 52.0 cm³/mol. The largest absolute Gasteiger partial charge is 1.00 e. The van der Waals surface area contributed by atoms with Crippen LogP contribution in [0.1, 0.15) is 18.7 Å². The van der Waals surface area contributed by atoms with Crippen LogP contribution in [0.5, 0.6) is 0 Å². The summed E-state index contributed by atoms with van der Waals surface area (Å²) in [5.41, 5.74) is -0.810. The number of carbonyl (C=O) groups excluding carboxylic acids is 2. The fourth-order valence-electron chi connectivity index (χ4n) is 1.04. The third kappa shape index (κ3) is 4.41. The van der Waals surface area contributed by atoms with Gasteiger partial charge in [0.2, 0.25) is 0 Å². The Labute approximate surface area is 120 Å². The van der Waals surface area contributed by atoms with Gasteiger partial charge in [-0.05, 0) is 19.1 Å². The molecule has 0 aromatic heterocycles. The topological polar surface area (TPSA) is 55.4 Å². The summed E-state index contributed by atoms with van der Waals surface area (Å²) in [6.07, 6.45) is -1.05. The van der Waals surface area contributed by atoms with Crippen LogP contribution in [0.4, 0.5) is 13.6 Å². The van der Waals surface area contributed by atoms with Gasteiger partial charge in [-0.15, -0.1) is 0 Å². The Hall–Kier alpha value is -0.980.